The van der Waals surface area contributed by atoms with Crippen molar-refractivity contribution < 1.29 is 4.74 Å². The van der Waals surface area contributed by atoms with Crippen molar-refractivity contribution in [2.45, 2.75) is 20.8 Å². The Morgan fingerprint density at radius 1 is 1.37 bits per heavy atom. The van der Waals surface area contributed by atoms with Crippen LogP contribution >= 0.6 is 0 Å². The van der Waals surface area contributed by atoms with E-state index in [0.717, 1.165) is 24.4 Å². The Morgan fingerprint density at radius 3 is 2.79 bits per heavy atom. The Bertz CT molecular complexity index is 421. The predicted molar refractivity (Wildman–Crippen MR) is 83.5 cm³/mol. The Hall–Kier alpha value is -1.54. The smallest absolute Gasteiger partial charge is 0.126 e. The minimum atomic E-state index is 0.537. The molecule has 0 heterocycles. The lowest BCUT2D eigenvalue weighted by Crippen LogP contribution is -2.21. The molecule has 1 aromatic rings. The zero-order valence-electron chi connectivity index (χ0n) is 12.3. The molecule has 1 N–H and O–H groups in total. The summed E-state index contributed by atoms with van der Waals surface area (Å²) >= 11 is 0. The highest BCUT2D eigenvalue weighted by Crippen LogP contribution is 2.20. The molecule has 0 bridgehead atoms. The van der Waals surface area contributed by atoms with Crippen molar-refractivity contribution in [3.8, 4) is 5.75 Å². The molecule has 0 aliphatic rings. The van der Waals surface area contributed by atoms with E-state index in [4.69, 9.17) is 4.74 Å². The summed E-state index contributed by atoms with van der Waals surface area (Å²) in [5.74, 6) is 1.58. The van der Waals surface area contributed by atoms with Crippen molar-refractivity contribution in [2.24, 2.45) is 5.92 Å². The van der Waals surface area contributed by atoms with E-state index in [-0.39, 0.29) is 0 Å². The summed E-state index contributed by atoms with van der Waals surface area (Å²) in [4.78, 5) is 0. The number of ether oxygens (including phenoxy) is 1. The van der Waals surface area contributed by atoms with Gasteiger partial charge in [-0.1, -0.05) is 56.4 Å². The van der Waals surface area contributed by atoms with Gasteiger partial charge in [0.2, 0.25) is 0 Å². The van der Waals surface area contributed by atoms with Crippen molar-refractivity contribution >= 4 is 6.08 Å². The molecular formula is C17H25NO. The largest absolute Gasteiger partial charge is 0.489 e. The van der Waals surface area contributed by atoms with Gasteiger partial charge in [0.1, 0.15) is 12.4 Å². The van der Waals surface area contributed by atoms with Gasteiger partial charge in [0.05, 0.1) is 0 Å². The molecule has 0 aliphatic heterocycles. The van der Waals surface area contributed by atoms with Gasteiger partial charge in [0, 0.05) is 12.1 Å². The molecule has 0 amide bonds. The zero-order chi connectivity index (χ0) is 14.1. The molecule has 1 rings (SSSR count). The Kier molecular flexibility index (Phi) is 6.98. The number of hydrogen-bond acceptors (Lipinski definition) is 2. The molecule has 2 heteroatoms. The third-order valence-electron chi connectivity index (χ3n) is 2.63. The fourth-order valence-electron chi connectivity index (χ4n) is 1.75. The van der Waals surface area contributed by atoms with Gasteiger partial charge in [-0.05, 0) is 25.5 Å². The van der Waals surface area contributed by atoms with Crippen LogP contribution in [0.1, 0.15) is 26.3 Å². The molecule has 0 radical (unpaired) electrons. The first-order valence-electron chi connectivity index (χ1n) is 6.84. The van der Waals surface area contributed by atoms with Crippen molar-refractivity contribution in [1.82, 2.24) is 5.32 Å². The quantitative estimate of drug-likeness (QED) is 0.715. The predicted octanol–water partition coefficient (Wildman–Crippen LogP) is 3.90. The molecule has 0 fully saturated rings. The third kappa shape index (κ3) is 6.25. The lowest BCUT2D eigenvalue weighted by Gasteiger charge is -2.10. The van der Waals surface area contributed by atoms with Gasteiger partial charge in [-0.15, -0.1) is 0 Å². The van der Waals surface area contributed by atoms with Gasteiger partial charge in [0.25, 0.3) is 0 Å². The highest BCUT2D eigenvalue weighted by atomic mass is 16.5. The maximum atomic E-state index is 5.65. The summed E-state index contributed by atoms with van der Waals surface area (Å²) in [6.45, 7) is 12.7. The van der Waals surface area contributed by atoms with E-state index in [2.05, 4.69) is 44.8 Å². The molecule has 19 heavy (non-hydrogen) atoms. The van der Waals surface area contributed by atoms with Gasteiger partial charge in [-0.2, -0.15) is 0 Å². The number of rotatable bonds is 8. The van der Waals surface area contributed by atoms with Crippen molar-refractivity contribution in [1.29, 1.82) is 0 Å². The van der Waals surface area contributed by atoms with Crippen LogP contribution in [0.25, 0.3) is 6.08 Å². The van der Waals surface area contributed by atoms with E-state index in [9.17, 15) is 0 Å². The molecule has 0 unspecified atom stereocenters. The minimum Gasteiger partial charge on any atom is -0.489 e. The first-order chi connectivity index (χ1) is 9.13. The Morgan fingerprint density at radius 2 is 2.11 bits per heavy atom. The fourth-order valence-corrected chi connectivity index (χ4v) is 1.75. The monoisotopic (exact) mass is 259 g/mol. The highest BCUT2D eigenvalue weighted by molar-refractivity contribution is 5.59. The first kappa shape index (κ1) is 15.5. The van der Waals surface area contributed by atoms with Crippen LogP contribution < -0.4 is 10.1 Å². The van der Waals surface area contributed by atoms with E-state index in [1.54, 1.807) is 6.08 Å². The van der Waals surface area contributed by atoms with E-state index < -0.39 is 0 Å². The standard InChI is InChI=1S/C17H25NO/c1-5-10-19-17-9-7-6-8-16(17)11-15(4)13-18-12-14(2)3/h5-9,11,14,18H,1,10,12-13H2,2-4H3. The van der Waals surface area contributed by atoms with Crippen molar-refractivity contribution in [3.63, 3.8) is 0 Å². The molecule has 2 nitrogen and oxygen atoms in total. The molecule has 0 saturated heterocycles. The lowest BCUT2D eigenvalue weighted by atomic mass is 10.1. The van der Waals surface area contributed by atoms with E-state index in [1.807, 2.05) is 18.2 Å². The van der Waals surface area contributed by atoms with Crippen LogP contribution in [-0.2, 0) is 0 Å². The van der Waals surface area contributed by atoms with E-state index in [0.29, 0.717) is 12.5 Å². The van der Waals surface area contributed by atoms with Crippen LogP contribution in [0.15, 0.2) is 42.5 Å². The first-order valence-corrected chi connectivity index (χ1v) is 6.84. The Labute approximate surface area is 117 Å². The van der Waals surface area contributed by atoms with Crippen LogP contribution in [0.5, 0.6) is 5.75 Å². The average Bonchev–Trinajstić information content (AvgIpc) is 2.37. The Balaban J connectivity index is 2.65. The topological polar surface area (TPSA) is 21.3 Å². The van der Waals surface area contributed by atoms with Crippen LogP contribution in [0.4, 0.5) is 0 Å². The summed E-state index contributed by atoms with van der Waals surface area (Å²) in [6.07, 6.45) is 3.93. The normalized spacial score (nSPS) is 11.7. The number of hydrogen-bond donors (Lipinski definition) is 1. The number of benzene rings is 1. The average molecular weight is 259 g/mol. The van der Waals surface area contributed by atoms with Gasteiger partial charge < -0.3 is 10.1 Å². The van der Waals surface area contributed by atoms with Crippen molar-refractivity contribution in [2.75, 3.05) is 19.7 Å². The second kappa shape index (κ2) is 8.54. The fraction of sp³-hybridized carbons (Fsp3) is 0.412. The summed E-state index contributed by atoms with van der Waals surface area (Å²) in [7, 11) is 0. The maximum absolute atomic E-state index is 5.65. The minimum absolute atomic E-state index is 0.537. The molecule has 0 spiro atoms. The second-order valence-electron chi connectivity index (χ2n) is 5.15. The van der Waals surface area contributed by atoms with Crippen LogP contribution in [0.2, 0.25) is 0 Å². The summed E-state index contributed by atoms with van der Waals surface area (Å²) in [5, 5.41) is 3.44. The maximum Gasteiger partial charge on any atom is 0.126 e. The summed E-state index contributed by atoms with van der Waals surface area (Å²) in [6, 6.07) is 8.08. The third-order valence-corrected chi connectivity index (χ3v) is 2.63. The summed E-state index contributed by atoms with van der Waals surface area (Å²) < 4.78 is 5.65. The van der Waals surface area contributed by atoms with Gasteiger partial charge >= 0.3 is 0 Å². The molecule has 0 aromatic heterocycles. The highest BCUT2D eigenvalue weighted by Gasteiger charge is 2.00. The molecule has 0 saturated carbocycles. The van der Waals surface area contributed by atoms with Gasteiger partial charge in [0.15, 0.2) is 0 Å². The summed E-state index contributed by atoms with van der Waals surface area (Å²) in [5.41, 5.74) is 2.42. The second-order valence-corrected chi connectivity index (χ2v) is 5.15. The van der Waals surface area contributed by atoms with Crippen LogP contribution in [-0.4, -0.2) is 19.7 Å². The number of nitrogens with one attached hydrogen (secondary N) is 1. The molecule has 0 aliphatic carbocycles. The number of para-hydroxylation sites is 1. The SMILES string of the molecule is C=CCOc1ccccc1C=C(C)CNCC(C)C. The zero-order valence-corrected chi connectivity index (χ0v) is 12.3. The van der Waals surface area contributed by atoms with Gasteiger partial charge in [-0.25, -0.2) is 0 Å². The van der Waals surface area contributed by atoms with Crippen molar-refractivity contribution in [3.05, 3.63) is 48.1 Å². The van der Waals surface area contributed by atoms with Gasteiger partial charge in [-0.3, -0.25) is 0 Å². The lowest BCUT2D eigenvalue weighted by molar-refractivity contribution is 0.362. The molecule has 1 aromatic carbocycles. The van der Waals surface area contributed by atoms with E-state index in [1.165, 1.54) is 5.57 Å². The molecular weight excluding hydrogens is 234 g/mol. The van der Waals surface area contributed by atoms with Crippen LogP contribution in [0, 0.1) is 5.92 Å². The molecule has 104 valence electrons. The van der Waals surface area contributed by atoms with Crippen LogP contribution in [0.3, 0.4) is 0 Å². The molecule has 0 atom stereocenters. The van der Waals surface area contributed by atoms with E-state index >= 15 is 0 Å².